The van der Waals surface area contributed by atoms with Gasteiger partial charge in [-0.1, -0.05) is 0 Å². The van der Waals surface area contributed by atoms with E-state index in [0.717, 1.165) is 0 Å². The predicted molar refractivity (Wildman–Crippen MR) is 67.2 cm³/mol. The lowest BCUT2D eigenvalue weighted by molar-refractivity contribution is 0.270. The van der Waals surface area contributed by atoms with Crippen LogP contribution in [0.1, 0.15) is 6.92 Å². The second-order valence-electron chi connectivity index (χ2n) is 3.95. The second kappa shape index (κ2) is 4.91. The third-order valence-corrected chi connectivity index (χ3v) is 3.47. The van der Waals surface area contributed by atoms with Crippen molar-refractivity contribution in [2.24, 2.45) is 5.14 Å². The Morgan fingerprint density at radius 2 is 2.00 bits per heavy atom. The van der Waals surface area contributed by atoms with Crippen molar-refractivity contribution in [1.82, 2.24) is 0 Å². The zero-order valence-electron chi connectivity index (χ0n) is 9.79. The molecule has 0 fully saturated rings. The Bertz CT molecular complexity index is 502. The fourth-order valence-corrected chi connectivity index (χ4v) is 1.94. The van der Waals surface area contributed by atoms with Gasteiger partial charge >= 0.3 is 0 Å². The number of hydrogen-bond donors (Lipinski definition) is 3. The van der Waals surface area contributed by atoms with E-state index in [-0.39, 0.29) is 17.5 Å². The largest absolute Gasteiger partial charge is 0.399 e. The van der Waals surface area contributed by atoms with Gasteiger partial charge in [-0.25, -0.2) is 13.6 Å². The highest BCUT2D eigenvalue weighted by Crippen LogP contribution is 2.23. The van der Waals surface area contributed by atoms with Crippen LogP contribution < -0.4 is 15.8 Å². The molecule has 0 aliphatic rings. The molecule has 1 rings (SSSR count). The average Bonchev–Trinajstić information content (AvgIpc) is 2.25. The van der Waals surface area contributed by atoms with Gasteiger partial charge in [0.2, 0.25) is 10.0 Å². The van der Waals surface area contributed by atoms with Gasteiger partial charge in [-0.05, 0) is 25.1 Å². The van der Waals surface area contributed by atoms with Gasteiger partial charge in [-0.3, -0.25) is 0 Å². The van der Waals surface area contributed by atoms with E-state index in [0.29, 0.717) is 11.4 Å². The predicted octanol–water partition coefficient (Wildman–Crippen LogP) is -0.267. The Labute approximate surface area is 101 Å². The standard InChI is InChI=1S/C10H17N3O3S/c1-7(6-14)13(2)9-3-8(11)4-10(5-9)17(12,15)16/h3-5,7,14H,6,11H2,1-2H3,(H2,12,15,16). The highest BCUT2D eigenvalue weighted by atomic mass is 32.2. The molecule has 17 heavy (non-hydrogen) atoms. The number of nitrogens with zero attached hydrogens (tertiary/aromatic N) is 1. The number of benzene rings is 1. The summed E-state index contributed by atoms with van der Waals surface area (Å²) in [5.41, 5.74) is 6.53. The van der Waals surface area contributed by atoms with E-state index in [1.165, 1.54) is 12.1 Å². The SMILES string of the molecule is CC(CO)N(C)c1cc(N)cc(S(N)(=O)=O)c1. The normalized spacial score (nSPS) is 13.4. The first-order chi connectivity index (χ1) is 7.75. The number of likely N-dealkylation sites (N-methyl/N-ethyl adjacent to an activating group) is 1. The number of primary sulfonamides is 1. The van der Waals surface area contributed by atoms with Crippen molar-refractivity contribution >= 4 is 21.4 Å². The number of rotatable bonds is 4. The molecule has 1 atom stereocenters. The summed E-state index contributed by atoms with van der Waals surface area (Å²) in [6.07, 6.45) is 0. The molecule has 0 saturated heterocycles. The molecule has 5 N–H and O–H groups in total. The Morgan fingerprint density at radius 1 is 1.41 bits per heavy atom. The van der Waals surface area contributed by atoms with E-state index in [1.807, 2.05) is 0 Å². The summed E-state index contributed by atoms with van der Waals surface area (Å²) in [5.74, 6) is 0. The molecule has 96 valence electrons. The van der Waals surface area contributed by atoms with Crippen molar-refractivity contribution in [2.75, 3.05) is 24.3 Å². The molecule has 0 spiro atoms. The van der Waals surface area contributed by atoms with E-state index in [9.17, 15) is 8.42 Å². The minimum atomic E-state index is -3.78. The highest BCUT2D eigenvalue weighted by molar-refractivity contribution is 7.89. The van der Waals surface area contributed by atoms with E-state index < -0.39 is 10.0 Å². The van der Waals surface area contributed by atoms with Crippen molar-refractivity contribution < 1.29 is 13.5 Å². The summed E-state index contributed by atoms with van der Waals surface area (Å²) in [5, 5.41) is 14.1. The van der Waals surface area contributed by atoms with E-state index in [2.05, 4.69) is 0 Å². The van der Waals surface area contributed by atoms with Crippen LogP contribution in [0.25, 0.3) is 0 Å². The summed E-state index contributed by atoms with van der Waals surface area (Å²) in [6.45, 7) is 1.76. The van der Waals surface area contributed by atoms with Crippen molar-refractivity contribution in [3.63, 3.8) is 0 Å². The molecular formula is C10H17N3O3S. The lowest BCUT2D eigenvalue weighted by atomic mass is 10.2. The number of hydrogen-bond acceptors (Lipinski definition) is 5. The highest BCUT2D eigenvalue weighted by Gasteiger charge is 2.14. The molecule has 7 heteroatoms. The molecule has 1 unspecified atom stereocenters. The van der Waals surface area contributed by atoms with Gasteiger partial charge in [0, 0.05) is 24.5 Å². The molecule has 0 amide bonds. The Balaban J connectivity index is 3.23. The van der Waals surface area contributed by atoms with Crippen molar-refractivity contribution in [3.8, 4) is 0 Å². The van der Waals surface area contributed by atoms with Crippen molar-refractivity contribution in [1.29, 1.82) is 0 Å². The first-order valence-corrected chi connectivity index (χ1v) is 6.57. The van der Waals surface area contributed by atoms with Gasteiger partial charge in [0.25, 0.3) is 0 Å². The van der Waals surface area contributed by atoms with Crippen LogP contribution in [-0.2, 0) is 10.0 Å². The number of anilines is 2. The summed E-state index contributed by atoms with van der Waals surface area (Å²) < 4.78 is 22.5. The maximum Gasteiger partial charge on any atom is 0.238 e. The zero-order chi connectivity index (χ0) is 13.2. The van der Waals surface area contributed by atoms with Gasteiger partial charge in [0.1, 0.15) is 0 Å². The van der Waals surface area contributed by atoms with Crippen LogP contribution in [0.2, 0.25) is 0 Å². The van der Waals surface area contributed by atoms with Crippen LogP contribution >= 0.6 is 0 Å². The first kappa shape index (κ1) is 13.8. The van der Waals surface area contributed by atoms with Gasteiger partial charge < -0.3 is 15.7 Å². The molecule has 0 radical (unpaired) electrons. The summed E-state index contributed by atoms with van der Waals surface area (Å²) in [7, 11) is -2.04. The van der Waals surface area contributed by atoms with Crippen LogP contribution in [0.3, 0.4) is 0 Å². The van der Waals surface area contributed by atoms with Crippen molar-refractivity contribution in [2.45, 2.75) is 17.9 Å². The van der Waals surface area contributed by atoms with E-state index in [4.69, 9.17) is 16.0 Å². The Hall–Kier alpha value is -1.31. The molecule has 0 saturated carbocycles. The fourth-order valence-electron chi connectivity index (χ4n) is 1.35. The van der Waals surface area contributed by atoms with Crippen molar-refractivity contribution in [3.05, 3.63) is 18.2 Å². The zero-order valence-corrected chi connectivity index (χ0v) is 10.6. The van der Waals surface area contributed by atoms with E-state index >= 15 is 0 Å². The molecule has 0 aliphatic heterocycles. The van der Waals surface area contributed by atoms with Gasteiger partial charge in [0.05, 0.1) is 11.5 Å². The molecule has 0 bridgehead atoms. The lowest BCUT2D eigenvalue weighted by Crippen LogP contribution is -2.32. The molecule has 1 aromatic carbocycles. The number of sulfonamides is 1. The summed E-state index contributed by atoms with van der Waals surface area (Å²) in [4.78, 5) is 1.69. The van der Waals surface area contributed by atoms with Crippen LogP contribution in [0.5, 0.6) is 0 Å². The fraction of sp³-hybridized carbons (Fsp3) is 0.400. The minimum absolute atomic E-state index is 0.0375. The molecule has 0 aliphatic carbocycles. The van der Waals surface area contributed by atoms with Gasteiger partial charge in [0.15, 0.2) is 0 Å². The van der Waals surface area contributed by atoms with Gasteiger partial charge in [-0.2, -0.15) is 0 Å². The number of aliphatic hydroxyl groups excluding tert-OH is 1. The van der Waals surface area contributed by atoms with Crippen LogP contribution in [0, 0.1) is 0 Å². The Morgan fingerprint density at radius 3 is 2.47 bits per heavy atom. The summed E-state index contributed by atoms with van der Waals surface area (Å²) in [6, 6.07) is 4.21. The van der Waals surface area contributed by atoms with Crippen LogP contribution in [0.15, 0.2) is 23.1 Å². The molecule has 6 nitrogen and oxygen atoms in total. The third kappa shape index (κ3) is 3.32. The van der Waals surface area contributed by atoms with E-state index in [1.54, 1.807) is 24.9 Å². The molecule has 1 aromatic rings. The topological polar surface area (TPSA) is 110 Å². The second-order valence-corrected chi connectivity index (χ2v) is 5.51. The molecule has 0 aromatic heterocycles. The maximum absolute atomic E-state index is 11.3. The van der Waals surface area contributed by atoms with Crippen LogP contribution in [0.4, 0.5) is 11.4 Å². The van der Waals surface area contributed by atoms with Crippen LogP contribution in [-0.4, -0.2) is 33.2 Å². The quantitative estimate of drug-likeness (QED) is 0.645. The summed E-state index contributed by atoms with van der Waals surface area (Å²) >= 11 is 0. The van der Waals surface area contributed by atoms with Gasteiger partial charge in [-0.15, -0.1) is 0 Å². The number of nitrogen functional groups attached to an aromatic ring is 1. The number of aliphatic hydroxyl groups is 1. The Kier molecular flexibility index (Phi) is 3.97. The molecule has 0 heterocycles. The average molecular weight is 259 g/mol. The third-order valence-electron chi connectivity index (χ3n) is 2.57. The first-order valence-electron chi connectivity index (χ1n) is 5.02. The maximum atomic E-state index is 11.3. The molecular weight excluding hydrogens is 242 g/mol. The minimum Gasteiger partial charge on any atom is -0.399 e. The number of nitrogens with two attached hydrogens (primary N) is 2. The monoisotopic (exact) mass is 259 g/mol. The lowest BCUT2D eigenvalue weighted by Gasteiger charge is -2.26. The smallest absolute Gasteiger partial charge is 0.238 e.